The molecule has 118 valence electrons. The molecule has 0 spiro atoms. The van der Waals surface area contributed by atoms with Gasteiger partial charge in [-0.05, 0) is 19.4 Å². The maximum absolute atomic E-state index is 12.0. The van der Waals surface area contributed by atoms with E-state index in [1.807, 2.05) is 0 Å². The Morgan fingerprint density at radius 1 is 1.20 bits per heavy atom. The van der Waals surface area contributed by atoms with Crippen molar-refractivity contribution in [3.05, 3.63) is 0 Å². The van der Waals surface area contributed by atoms with E-state index >= 15 is 0 Å². The third kappa shape index (κ3) is 7.40. The van der Waals surface area contributed by atoms with E-state index in [1.54, 1.807) is 13.8 Å². The van der Waals surface area contributed by atoms with Crippen LogP contribution in [0.5, 0.6) is 0 Å². The van der Waals surface area contributed by atoms with Gasteiger partial charge >= 0.3 is 0 Å². The van der Waals surface area contributed by atoms with E-state index in [4.69, 9.17) is 5.73 Å². The lowest BCUT2D eigenvalue weighted by molar-refractivity contribution is -0.132. The van der Waals surface area contributed by atoms with Crippen molar-refractivity contribution in [3.63, 3.8) is 0 Å². The minimum atomic E-state index is -0.612. The molecule has 7 heteroatoms. The predicted octanol–water partition coefficient (Wildman–Crippen LogP) is 0.602. The second-order valence-electron chi connectivity index (χ2n) is 5.39. The number of unbranched alkanes of at least 4 members (excludes halogenated alkanes) is 2. The summed E-state index contributed by atoms with van der Waals surface area (Å²) in [6.07, 6.45) is 2.83. The normalized spacial score (nSPS) is 12.8. The molecule has 1 atom stereocenters. The Morgan fingerprint density at radius 2 is 1.85 bits per heavy atom. The van der Waals surface area contributed by atoms with E-state index in [1.165, 1.54) is 0 Å². The number of nitrogens with two attached hydrogens (primary N) is 1. The number of nitrogens with one attached hydrogen (secondary N) is 2. The molecule has 0 heterocycles. The zero-order chi connectivity index (χ0) is 15.6. The second kappa shape index (κ2) is 10.3. The van der Waals surface area contributed by atoms with Crippen molar-refractivity contribution < 1.29 is 9.59 Å². The number of carbonyl (C=O) groups is 2. The summed E-state index contributed by atoms with van der Waals surface area (Å²) < 4.78 is 0. The maximum Gasteiger partial charge on any atom is 0.243 e. The predicted molar refractivity (Wildman–Crippen MR) is 89.3 cm³/mol. The van der Waals surface area contributed by atoms with Gasteiger partial charge in [-0.3, -0.25) is 9.59 Å². The number of amides is 2. The van der Waals surface area contributed by atoms with Gasteiger partial charge in [0.25, 0.3) is 0 Å². The van der Waals surface area contributed by atoms with Gasteiger partial charge in [0.05, 0.1) is 5.41 Å². The minimum absolute atomic E-state index is 0.190. The van der Waals surface area contributed by atoms with Crippen LogP contribution in [-0.2, 0) is 9.59 Å². The van der Waals surface area contributed by atoms with Crippen LogP contribution in [0, 0.1) is 5.41 Å². The average Bonchev–Trinajstić information content (AvgIpc) is 2.43. The molecule has 0 bridgehead atoms. The molecule has 0 fully saturated rings. The van der Waals surface area contributed by atoms with Gasteiger partial charge < -0.3 is 16.4 Å². The van der Waals surface area contributed by atoms with Gasteiger partial charge in [0.1, 0.15) is 6.04 Å². The first-order valence-electron chi connectivity index (χ1n) is 6.89. The zero-order valence-corrected chi connectivity index (χ0v) is 14.1. The molecule has 2 amide bonds. The molecule has 4 N–H and O–H groups in total. The Morgan fingerprint density at radius 3 is 2.35 bits per heavy atom. The van der Waals surface area contributed by atoms with Crippen molar-refractivity contribution >= 4 is 37.1 Å². The van der Waals surface area contributed by atoms with Gasteiger partial charge in [0, 0.05) is 18.1 Å². The first-order chi connectivity index (χ1) is 9.38. The molecule has 0 aromatic carbocycles. The minimum Gasteiger partial charge on any atom is -0.354 e. The lowest BCUT2D eigenvalue weighted by Crippen LogP contribution is -2.52. The molecule has 1 unspecified atom stereocenters. The smallest absolute Gasteiger partial charge is 0.243 e. The third-order valence-electron chi connectivity index (χ3n) is 2.99. The van der Waals surface area contributed by atoms with Gasteiger partial charge in [0.15, 0.2) is 0 Å². The molecule has 0 aliphatic rings. The van der Waals surface area contributed by atoms with Crippen LogP contribution < -0.4 is 16.4 Å². The monoisotopic (exact) mass is 321 g/mol. The number of hydrogen-bond acceptors (Lipinski definition) is 5. The van der Waals surface area contributed by atoms with Crippen LogP contribution in [0.1, 0.15) is 33.1 Å². The zero-order valence-electron chi connectivity index (χ0n) is 12.3. The summed E-state index contributed by atoms with van der Waals surface area (Å²) in [5.74, 6) is 0.294. The highest BCUT2D eigenvalue weighted by Gasteiger charge is 2.29. The summed E-state index contributed by atoms with van der Waals surface area (Å²) in [4.78, 5) is 23.9. The molecule has 0 saturated heterocycles. The summed E-state index contributed by atoms with van der Waals surface area (Å²) in [5, 5.41) is 5.52. The maximum atomic E-state index is 12.0. The Balaban J connectivity index is 4.18. The van der Waals surface area contributed by atoms with E-state index in [9.17, 15) is 9.59 Å². The molecule has 0 rings (SSSR count). The molecule has 0 aromatic rings. The number of rotatable bonds is 10. The van der Waals surface area contributed by atoms with E-state index in [2.05, 4.69) is 35.9 Å². The highest BCUT2D eigenvalue weighted by atomic mass is 32.1. The van der Waals surface area contributed by atoms with Crippen LogP contribution >= 0.6 is 25.3 Å². The molecular weight excluding hydrogens is 294 g/mol. The highest BCUT2D eigenvalue weighted by molar-refractivity contribution is 7.80. The second-order valence-corrected chi connectivity index (χ2v) is 6.07. The van der Waals surface area contributed by atoms with Crippen LogP contribution in [0.25, 0.3) is 0 Å². The fourth-order valence-electron chi connectivity index (χ4n) is 1.40. The Hall–Kier alpha value is -0.400. The van der Waals surface area contributed by atoms with Crippen LogP contribution in [-0.4, -0.2) is 42.5 Å². The Labute approximate surface area is 132 Å². The standard InChI is InChI=1S/C13H27N3O2S2/c1-13(2,9-20)12(18)16-10(8-19)11(17)15-7-5-3-4-6-14/h10,19-20H,3-9,14H2,1-2H3,(H,15,17)(H,16,18). The summed E-state index contributed by atoms with van der Waals surface area (Å²) in [7, 11) is 0. The van der Waals surface area contributed by atoms with Gasteiger partial charge in [-0.1, -0.05) is 20.3 Å². The van der Waals surface area contributed by atoms with Gasteiger partial charge in [-0.25, -0.2) is 0 Å². The SMILES string of the molecule is CC(C)(CS)C(=O)NC(CS)C(=O)NCCCCCN. The fraction of sp³-hybridized carbons (Fsp3) is 0.846. The molecule has 0 saturated carbocycles. The number of hydrogen-bond donors (Lipinski definition) is 5. The molecule has 5 nitrogen and oxygen atoms in total. The van der Waals surface area contributed by atoms with Crippen LogP contribution in [0.3, 0.4) is 0 Å². The van der Waals surface area contributed by atoms with Gasteiger partial charge in [0.2, 0.25) is 11.8 Å². The third-order valence-corrected chi connectivity index (χ3v) is 4.15. The first-order valence-corrected chi connectivity index (χ1v) is 8.16. The van der Waals surface area contributed by atoms with Gasteiger partial charge in [-0.15, -0.1) is 0 Å². The topological polar surface area (TPSA) is 84.2 Å². The van der Waals surface area contributed by atoms with E-state index in [-0.39, 0.29) is 17.6 Å². The molecule has 0 aromatic heterocycles. The lowest BCUT2D eigenvalue weighted by atomic mass is 9.95. The first kappa shape index (κ1) is 19.6. The molecular formula is C13H27N3O2S2. The van der Waals surface area contributed by atoms with Crippen molar-refractivity contribution in [2.24, 2.45) is 11.1 Å². The van der Waals surface area contributed by atoms with Crippen LogP contribution in [0.15, 0.2) is 0 Å². The van der Waals surface area contributed by atoms with Crippen LogP contribution in [0.4, 0.5) is 0 Å². The molecule has 0 aliphatic carbocycles. The number of thiol groups is 2. The Bertz CT molecular complexity index is 312. The molecule has 0 radical (unpaired) electrons. The highest BCUT2D eigenvalue weighted by Crippen LogP contribution is 2.16. The summed E-state index contributed by atoms with van der Waals surface area (Å²) in [5.41, 5.74) is 4.79. The van der Waals surface area contributed by atoms with Crippen molar-refractivity contribution in [2.45, 2.75) is 39.2 Å². The van der Waals surface area contributed by atoms with E-state index in [0.717, 1.165) is 19.3 Å². The van der Waals surface area contributed by atoms with E-state index in [0.29, 0.717) is 18.8 Å². The largest absolute Gasteiger partial charge is 0.354 e. The lowest BCUT2D eigenvalue weighted by Gasteiger charge is -2.24. The average molecular weight is 322 g/mol. The van der Waals surface area contributed by atoms with Crippen molar-refractivity contribution in [1.29, 1.82) is 0 Å². The Kier molecular flexibility index (Phi) is 10.1. The van der Waals surface area contributed by atoms with Crippen molar-refractivity contribution in [1.82, 2.24) is 10.6 Å². The van der Waals surface area contributed by atoms with Crippen molar-refractivity contribution in [2.75, 3.05) is 24.6 Å². The molecule has 20 heavy (non-hydrogen) atoms. The van der Waals surface area contributed by atoms with E-state index < -0.39 is 11.5 Å². The summed E-state index contributed by atoms with van der Waals surface area (Å²) in [6, 6.07) is -0.612. The van der Waals surface area contributed by atoms with Crippen LogP contribution in [0.2, 0.25) is 0 Å². The number of carbonyl (C=O) groups excluding carboxylic acids is 2. The quantitative estimate of drug-likeness (QED) is 0.302. The summed E-state index contributed by atoms with van der Waals surface area (Å²) >= 11 is 8.26. The fourth-order valence-corrected chi connectivity index (χ4v) is 1.80. The summed E-state index contributed by atoms with van der Waals surface area (Å²) in [6.45, 7) is 4.84. The molecule has 0 aliphatic heterocycles. The van der Waals surface area contributed by atoms with Gasteiger partial charge in [-0.2, -0.15) is 25.3 Å². The van der Waals surface area contributed by atoms with Crippen molar-refractivity contribution in [3.8, 4) is 0 Å².